The Balaban J connectivity index is 1.57. The van der Waals surface area contributed by atoms with Crippen LogP contribution >= 0.6 is 11.3 Å². The molecule has 2 amide bonds. The zero-order valence-corrected chi connectivity index (χ0v) is 20.0. The summed E-state index contributed by atoms with van der Waals surface area (Å²) >= 11 is 1.63. The molecule has 1 fully saturated rings. The van der Waals surface area contributed by atoms with Gasteiger partial charge in [0.2, 0.25) is 5.91 Å². The van der Waals surface area contributed by atoms with Crippen molar-refractivity contribution in [2.24, 2.45) is 11.8 Å². The lowest BCUT2D eigenvalue weighted by Gasteiger charge is -2.45. The molecule has 3 heterocycles. The molecule has 1 aromatic carbocycles. The SMILES string of the molecule is Cc1ccc(N2C(=O)c3cc4sccc4n3C[C@]2(C)C(=O)N[C@@H]2CCC[C@@H](C)[C@H]2C)cc1. The normalized spacial score (nSPS) is 28.1. The largest absolute Gasteiger partial charge is 0.351 e. The first kappa shape index (κ1) is 21.3. The lowest BCUT2D eigenvalue weighted by atomic mass is 9.77. The monoisotopic (exact) mass is 449 g/mol. The molecule has 6 heteroatoms. The Morgan fingerprint density at radius 2 is 1.91 bits per heavy atom. The Bertz CT molecular complexity index is 1180. The van der Waals surface area contributed by atoms with E-state index in [9.17, 15) is 9.59 Å². The lowest BCUT2D eigenvalue weighted by molar-refractivity contribution is -0.128. The maximum absolute atomic E-state index is 13.9. The maximum Gasteiger partial charge on any atom is 0.275 e. The molecule has 3 aromatic rings. The molecule has 168 valence electrons. The van der Waals surface area contributed by atoms with E-state index in [0.29, 0.717) is 24.1 Å². The minimum Gasteiger partial charge on any atom is -0.351 e. The van der Waals surface area contributed by atoms with Crippen LogP contribution in [0.5, 0.6) is 0 Å². The van der Waals surface area contributed by atoms with Crippen LogP contribution in [0, 0.1) is 18.8 Å². The number of fused-ring (bicyclic) bond motifs is 3. The first-order valence-electron chi connectivity index (χ1n) is 11.6. The first-order valence-corrected chi connectivity index (χ1v) is 12.5. The molecule has 0 spiro atoms. The zero-order chi connectivity index (χ0) is 22.6. The van der Waals surface area contributed by atoms with Gasteiger partial charge in [-0.2, -0.15) is 0 Å². The first-order chi connectivity index (χ1) is 15.3. The highest BCUT2D eigenvalue weighted by Gasteiger charge is 2.49. The van der Waals surface area contributed by atoms with Gasteiger partial charge in [0, 0.05) is 11.7 Å². The maximum atomic E-state index is 13.9. The van der Waals surface area contributed by atoms with E-state index in [2.05, 4.69) is 19.2 Å². The van der Waals surface area contributed by atoms with Crippen LogP contribution in [0.2, 0.25) is 0 Å². The number of hydrogen-bond acceptors (Lipinski definition) is 3. The quantitative estimate of drug-likeness (QED) is 0.584. The van der Waals surface area contributed by atoms with Crippen LogP contribution < -0.4 is 10.2 Å². The van der Waals surface area contributed by atoms with Gasteiger partial charge in [-0.25, -0.2) is 0 Å². The summed E-state index contributed by atoms with van der Waals surface area (Å²) in [6.45, 7) is 8.88. The molecule has 2 aliphatic rings. The van der Waals surface area contributed by atoms with Gasteiger partial charge in [0.05, 0.1) is 16.8 Å². The van der Waals surface area contributed by atoms with Gasteiger partial charge in [0.25, 0.3) is 5.91 Å². The highest BCUT2D eigenvalue weighted by Crippen LogP contribution is 2.38. The summed E-state index contributed by atoms with van der Waals surface area (Å²) in [7, 11) is 0. The number of aryl methyl sites for hydroxylation is 1. The molecule has 0 bridgehead atoms. The molecule has 5 rings (SSSR count). The van der Waals surface area contributed by atoms with E-state index in [-0.39, 0.29) is 17.9 Å². The van der Waals surface area contributed by atoms with Crippen molar-refractivity contribution in [2.75, 3.05) is 4.90 Å². The van der Waals surface area contributed by atoms with Crippen LogP contribution in [-0.4, -0.2) is 28.0 Å². The van der Waals surface area contributed by atoms with E-state index in [1.807, 2.05) is 60.2 Å². The van der Waals surface area contributed by atoms with E-state index in [4.69, 9.17) is 0 Å². The number of aromatic nitrogens is 1. The molecule has 0 unspecified atom stereocenters. The fraction of sp³-hybridized carbons (Fsp3) is 0.462. The second-order valence-electron chi connectivity index (χ2n) is 9.88. The van der Waals surface area contributed by atoms with Crippen molar-refractivity contribution in [2.45, 2.75) is 65.1 Å². The average molecular weight is 450 g/mol. The molecule has 5 nitrogen and oxygen atoms in total. The standard InChI is InChI=1S/C26H31N3O2S/c1-16-8-10-19(11-9-16)29-24(30)22-14-23-21(12-13-32-23)28(22)15-26(29,4)25(31)27-20-7-5-6-17(2)18(20)3/h8-14,17-18,20H,5-7,15H2,1-4H3,(H,27,31)/t17-,18-,20-,26-/m1/s1. The Kier molecular flexibility index (Phi) is 5.16. The van der Waals surface area contributed by atoms with Crippen molar-refractivity contribution < 1.29 is 9.59 Å². The summed E-state index contributed by atoms with van der Waals surface area (Å²) in [6, 6.07) is 12.0. The third-order valence-corrected chi connectivity index (χ3v) is 8.56. The number of thiophene rings is 1. The predicted octanol–water partition coefficient (Wildman–Crippen LogP) is 5.37. The highest BCUT2D eigenvalue weighted by molar-refractivity contribution is 7.17. The molecule has 1 aliphatic heterocycles. The topological polar surface area (TPSA) is 54.3 Å². The molecule has 1 N–H and O–H groups in total. The van der Waals surface area contributed by atoms with Gasteiger partial charge in [-0.3, -0.25) is 14.5 Å². The smallest absolute Gasteiger partial charge is 0.275 e. The van der Waals surface area contributed by atoms with E-state index < -0.39 is 5.54 Å². The van der Waals surface area contributed by atoms with E-state index in [1.165, 1.54) is 6.42 Å². The number of rotatable bonds is 3. The van der Waals surface area contributed by atoms with E-state index in [1.54, 1.807) is 16.2 Å². The van der Waals surface area contributed by atoms with Gasteiger partial charge in [-0.05, 0) is 61.7 Å². The zero-order valence-electron chi connectivity index (χ0n) is 19.2. The number of nitrogens with zero attached hydrogens (tertiary/aromatic N) is 2. The molecule has 1 saturated carbocycles. The Labute approximate surface area is 193 Å². The number of carbonyl (C=O) groups is 2. The van der Waals surface area contributed by atoms with Crippen molar-refractivity contribution in [1.29, 1.82) is 0 Å². The van der Waals surface area contributed by atoms with E-state index >= 15 is 0 Å². The Hall–Kier alpha value is -2.60. The molecular formula is C26H31N3O2S. The number of anilines is 1. The minimum absolute atomic E-state index is 0.0693. The highest BCUT2D eigenvalue weighted by atomic mass is 32.1. The van der Waals surface area contributed by atoms with Crippen LogP contribution in [0.4, 0.5) is 5.69 Å². The Morgan fingerprint density at radius 1 is 1.16 bits per heavy atom. The molecule has 0 saturated heterocycles. The van der Waals surface area contributed by atoms with Gasteiger partial charge in [-0.15, -0.1) is 11.3 Å². The van der Waals surface area contributed by atoms with Crippen molar-refractivity contribution in [3.8, 4) is 0 Å². The number of amides is 2. The second kappa shape index (κ2) is 7.77. The molecule has 32 heavy (non-hydrogen) atoms. The minimum atomic E-state index is -1.02. The van der Waals surface area contributed by atoms with Crippen LogP contribution in [0.15, 0.2) is 41.8 Å². The summed E-state index contributed by atoms with van der Waals surface area (Å²) in [4.78, 5) is 29.5. The second-order valence-corrected chi connectivity index (χ2v) is 10.8. The number of carbonyl (C=O) groups excluding carboxylic acids is 2. The number of hydrogen-bond donors (Lipinski definition) is 1. The van der Waals surface area contributed by atoms with Crippen LogP contribution in [0.25, 0.3) is 10.2 Å². The van der Waals surface area contributed by atoms with Gasteiger partial charge in [0.15, 0.2) is 0 Å². The third-order valence-electron chi connectivity index (χ3n) is 7.71. The van der Waals surface area contributed by atoms with Crippen LogP contribution in [0.1, 0.15) is 56.1 Å². The predicted molar refractivity (Wildman–Crippen MR) is 130 cm³/mol. The fourth-order valence-corrected chi connectivity index (χ4v) is 6.24. The number of nitrogens with one attached hydrogen (secondary N) is 1. The van der Waals surface area contributed by atoms with Gasteiger partial charge in [0.1, 0.15) is 11.2 Å². The average Bonchev–Trinajstić information content (AvgIpc) is 3.35. The summed E-state index contributed by atoms with van der Waals surface area (Å²) in [6.07, 6.45) is 3.34. The molecule has 4 atom stereocenters. The van der Waals surface area contributed by atoms with Gasteiger partial charge < -0.3 is 9.88 Å². The summed E-state index contributed by atoms with van der Waals surface area (Å²) in [5.41, 5.74) is 2.54. The van der Waals surface area contributed by atoms with Gasteiger partial charge >= 0.3 is 0 Å². The fourth-order valence-electron chi connectivity index (χ4n) is 5.42. The van der Waals surface area contributed by atoms with Crippen molar-refractivity contribution >= 4 is 39.1 Å². The lowest BCUT2D eigenvalue weighted by Crippen LogP contribution is -2.66. The van der Waals surface area contributed by atoms with Crippen molar-refractivity contribution in [1.82, 2.24) is 9.88 Å². The summed E-state index contributed by atoms with van der Waals surface area (Å²) < 4.78 is 3.11. The summed E-state index contributed by atoms with van der Waals surface area (Å²) in [5, 5.41) is 5.40. The van der Waals surface area contributed by atoms with Crippen molar-refractivity contribution in [3.63, 3.8) is 0 Å². The third kappa shape index (κ3) is 3.27. The van der Waals surface area contributed by atoms with Crippen molar-refractivity contribution in [3.05, 3.63) is 53.0 Å². The number of benzene rings is 1. The van der Waals surface area contributed by atoms with Crippen LogP contribution in [-0.2, 0) is 11.3 Å². The Morgan fingerprint density at radius 3 is 2.66 bits per heavy atom. The molecule has 0 radical (unpaired) electrons. The molecular weight excluding hydrogens is 418 g/mol. The molecule has 2 aromatic heterocycles. The summed E-state index contributed by atoms with van der Waals surface area (Å²) in [5.74, 6) is 0.824. The van der Waals surface area contributed by atoms with Gasteiger partial charge in [-0.1, -0.05) is 44.4 Å². The van der Waals surface area contributed by atoms with Crippen LogP contribution in [0.3, 0.4) is 0 Å². The molecule has 1 aliphatic carbocycles. The van der Waals surface area contributed by atoms with E-state index in [0.717, 1.165) is 34.3 Å².